The Morgan fingerprint density at radius 2 is 1.96 bits per heavy atom. The Labute approximate surface area is 161 Å². The topological polar surface area (TPSA) is 121 Å². The monoisotopic (exact) mass is 386 g/mol. The lowest BCUT2D eigenvalue weighted by Crippen LogP contribution is -2.48. The molecule has 1 aliphatic heterocycles. The summed E-state index contributed by atoms with van der Waals surface area (Å²) in [5.41, 5.74) is 0.680. The molecule has 1 aromatic heterocycles. The van der Waals surface area contributed by atoms with E-state index in [1.165, 1.54) is 7.11 Å². The number of ether oxygens (including phenoxy) is 1. The van der Waals surface area contributed by atoms with Crippen molar-refractivity contribution >= 4 is 34.7 Å². The first-order chi connectivity index (χ1) is 13.2. The number of hydrogen-bond donors (Lipinski definition) is 3. The zero-order valence-corrected chi connectivity index (χ0v) is 15.9. The van der Waals surface area contributed by atoms with Crippen LogP contribution < -0.4 is 10.6 Å². The number of hydrogen-bond acceptors (Lipinski definition) is 5. The second-order valence-corrected chi connectivity index (χ2v) is 7.15. The molecule has 0 unspecified atom stereocenters. The van der Waals surface area contributed by atoms with Crippen molar-refractivity contribution in [1.82, 2.24) is 20.5 Å². The van der Waals surface area contributed by atoms with E-state index in [9.17, 15) is 19.2 Å². The molecule has 1 aromatic carbocycles. The second-order valence-electron chi connectivity index (χ2n) is 7.15. The summed E-state index contributed by atoms with van der Waals surface area (Å²) >= 11 is 0. The van der Waals surface area contributed by atoms with E-state index < -0.39 is 41.9 Å². The molecule has 0 aliphatic carbocycles. The quantitative estimate of drug-likeness (QED) is 0.498. The van der Waals surface area contributed by atoms with Crippen molar-refractivity contribution in [2.45, 2.75) is 31.8 Å². The Morgan fingerprint density at radius 1 is 1.25 bits per heavy atom. The molecular formula is C19H22N4O5. The van der Waals surface area contributed by atoms with E-state index in [0.717, 1.165) is 21.4 Å². The lowest BCUT2D eigenvalue weighted by atomic mass is 10.0. The summed E-state index contributed by atoms with van der Waals surface area (Å²) in [6, 6.07) is 5.99. The molecule has 2 aromatic rings. The minimum Gasteiger partial charge on any atom is -0.467 e. The Hall–Kier alpha value is -3.36. The number of fused-ring (bicyclic) bond motifs is 1. The van der Waals surface area contributed by atoms with Gasteiger partial charge in [-0.25, -0.2) is 9.59 Å². The van der Waals surface area contributed by atoms with E-state index in [0.29, 0.717) is 0 Å². The number of aromatic amines is 1. The van der Waals surface area contributed by atoms with Crippen molar-refractivity contribution in [3.05, 3.63) is 36.0 Å². The number of aromatic nitrogens is 1. The van der Waals surface area contributed by atoms with Gasteiger partial charge in [0, 0.05) is 23.5 Å². The average molecular weight is 386 g/mol. The molecule has 148 valence electrons. The number of esters is 1. The van der Waals surface area contributed by atoms with Gasteiger partial charge in [0.05, 0.1) is 7.11 Å². The highest BCUT2D eigenvalue weighted by molar-refractivity contribution is 6.08. The number of rotatable bonds is 6. The molecule has 9 nitrogen and oxygen atoms in total. The van der Waals surface area contributed by atoms with Crippen LogP contribution in [0.15, 0.2) is 30.5 Å². The van der Waals surface area contributed by atoms with Gasteiger partial charge in [-0.2, -0.15) is 0 Å². The predicted octanol–water partition coefficient (Wildman–Crippen LogP) is 0.699. The maximum Gasteiger partial charge on any atom is 0.328 e. The van der Waals surface area contributed by atoms with Crippen LogP contribution in [0, 0.1) is 0 Å². The van der Waals surface area contributed by atoms with Crippen molar-refractivity contribution in [3.8, 4) is 0 Å². The van der Waals surface area contributed by atoms with Crippen molar-refractivity contribution in [3.63, 3.8) is 0 Å². The fraction of sp³-hybridized carbons (Fsp3) is 0.368. The number of carbonyl (C=O) groups is 4. The summed E-state index contributed by atoms with van der Waals surface area (Å²) in [4.78, 5) is 52.7. The van der Waals surface area contributed by atoms with Crippen LogP contribution >= 0.6 is 0 Å². The van der Waals surface area contributed by atoms with E-state index >= 15 is 0 Å². The number of benzene rings is 1. The lowest BCUT2D eigenvalue weighted by molar-refractivity contribution is -0.145. The molecule has 4 amide bonds. The number of para-hydroxylation sites is 1. The van der Waals surface area contributed by atoms with E-state index in [-0.39, 0.29) is 6.42 Å². The zero-order chi connectivity index (χ0) is 20.5. The van der Waals surface area contributed by atoms with Gasteiger partial charge in [0.25, 0.3) is 5.91 Å². The van der Waals surface area contributed by atoms with Crippen LogP contribution in [0.5, 0.6) is 0 Å². The number of carbonyl (C=O) groups excluding carboxylic acids is 4. The summed E-state index contributed by atoms with van der Waals surface area (Å²) < 4.78 is 4.80. The van der Waals surface area contributed by atoms with Crippen LogP contribution in [0.4, 0.5) is 4.79 Å². The standard InChI is InChI=1S/C19H22N4O5/c1-19(2)17(26)23(18(27)22-19)10-15(24)21-14(16(25)28-3)8-11-9-20-13-7-5-4-6-12(11)13/h4-7,9,14,20H,8,10H2,1-3H3,(H,21,24)(H,22,27)/t14-/m1/s1. The molecular weight excluding hydrogens is 364 g/mol. The highest BCUT2D eigenvalue weighted by Gasteiger charge is 2.45. The van der Waals surface area contributed by atoms with Crippen molar-refractivity contribution in [2.24, 2.45) is 0 Å². The molecule has 3 rings (SSSR count). The van der Waals surface area contributed by atoms with Crippen molar-refractivity contribution in [1.29, 1.82) is 0 Å². The maximum atomic E-state index is 12.4. The van der Waals surface area contributed by atoms with Gasteiger partial charge in [-0.1, -0.05) is 18.2 Å². The maximum absolute atomic E-state index is 12.4. The number of nitrogens with zero attached hydrogens (tertiary/aromatic N) is 1. The molecule has 0 bridgehead atoms. The van der Waals surface area contributed by atoms with Gasteiger partial charge >= 0.3 is 12.0 Å². The van der Waals surface area contributed by atoms with Gasteiger partial charge in [-0.05, 0) is 25.5 Å². The summed E-state index contributed by atoms with van der Waals surface area (Å²) in [5, 5.41) is 6.00. The summed E-state index contributed by atoms with van der Waals surface area (Å²) in [6.45, 7) is 2.63. The van der Waals surface area contributed by atoms with Crippen LogP contribution in [-0.4, -0.2) is 58.9 Å². The van der Waals surface area contributed by atoms with Crippen LogP contribution in [-0.2, 0) is 25.5 Å². The van der Waals surface area contributed by atoms with Gasteiger partial charge in [-0.15, -0.1) is 0 Å². The summed E-state index contributed by atoms with van der Waals surface area (Å²) in [6.07, 6.45) is 1.97. The molecule has 9 heteroatoms. The van der Waals surface area contributed by atoms with Crippen molar-refractivity contribution in [2.75, 3.05) is 13.7 Å². The fourth-order valence-electron chi connectivity index (χ4n) is 3.20. The third-order valence-electron chi connectivity index (χ3n) is 4.67. The summed E-state index contributed by atoms with van der Waals surface area (Å²) in [5.74, 6) is -1.74. The van der Waals surface area contributed by atoms with E-state index in [4.69, 9.17) is 4.74 Å². The number of nitrogens with one attached hydrogen (secondary N) is 3. The predicted molar refractivity (Wildman–Crippen MR) is 100 cm³/mol. The molecule has 28 heavy (non-hydrogen) atoms. The van der Waals surface area contributed by atoms with Crippen LogP contribution in [0.25, 0.3) is 10.9 Å². The third-order valence-corrected chi connectivity index (χ3v) is 4.67. The normalized spacial score (nSPS) is 16.8. The third kappa shape index (κ3) is 3.68. The number of urea groups is 1. The molecule has 1 saturated heterocycles. The first kappa shape index (κ1) is 19.4. The number of H-pyrrole nitrogens is 1. The van der Waals surface area contributed by atoms with Gasteiger partial charge in [0.1, 0.15) is 18.1 Å². The molecule has 0 spiro atoms. The van der Waals surface area contributed by atoms with Crippen LogP contribution in [0.1, 0.15) is 19.4 Å². The minimum absolute atomic E-state index is 0.202. The van der Waals surface area contributed by atoms with Crippen molar-refractivity contribution < 1.29 is 23.9 Å². The molecule has 1 fully saturated rings. The number of methoxy groups -OCH3 is 1. The van der Waals surface area contributed by atoms with Gasteiger partial charge in [0.15, 0.2) is 0 Å². The largest absolute Gasteiger partial charge is 0.467 e. The summed E-state index contributed by atoms with van der Waals surface area (Å²) in [7, 11) is 1.23. The molecule has 1 atom stereocenters. The SMILES string of the molecule is COC(=O)[C@@H](Cc1c[nH]c2ccccc12)NC(=O)CN1C(=O)NC(C)(C)C1=O. The average Bonchev–Trinajstić information content (AvgIpc) is 3.14. The van der Waals surface area contributed by atoms with E-state index in [1.807, 2.05) is 24.3 Å². The number of imide groups is 1. The van der Waals surface area contributed by atoms with E-state index in [1.54, 1.807) is 20.0 Å². The molecule has 0 radical (unpaired) electrons. The smallest absolute Gasteiger partial charge is 0.328 e. The molecule has 2 heterocycles. The van der Waals surface area contributed by atoms with Gasteiger partial charge in [0.2, 0.25) is 5.91 Å². The molecule has 3 N–H and O–H groups in total. The van der Waals surface area contributed by atoms with Gasteiger partial charge < -0.3 is 20.4 Å². The van der Waals surface area contributed by atoms with Crippen LogP contribution in [0.2, 0.25) is 0 Å². The highest BCUT2D eigenvalue weighted by atomic mass is 16.5. The number of amides is 4. The van der Waals surface area contributed by atoms with E-state index in [2.05, 4.69) is 15.6 Å². The second kappa shape index (κ2) is 7.34. The Morgan fingerprint density at radius 3 is 2.61 bits per heavy atom. The van der Waals surface area contributed by atoms with Gasteiger partial charge in [-0.3, -0.25) is 14.5 Å². The Balaban J connectivity index is 1.72. The first-order valence-corrected chi connectivity index (χ1v) is 8.79. The fourth-order valence-corrected chi connectivity index (χ4v) is 3.20. The lowest BCUT2D eigenvalue weighted by Gasteiger charge is -2.19. The zero-order valence-electron chi connectivity index (χ0n) is 15.9. The Bertz CT molecular complexity index is 949. The minimum atomic E-state index is -1.07. The Kier molecular flexibility index (Phi) is 5.08. The first-order valence-electron chi connectivity index (χ1n) is 8.79. The van der Waals surface area contributed by atoms with Crippen LogP contribution in [0.3, 0.4) is 0 Å². The highest BCUT2D eigenvalue weighted by Crippen LogP contribution is 2.20. The molecule has 1 aliphatic rings. The molecule has 0 saturated carbocycles.